The van der Waals surface area contributed by atoms with E-state index >= 15 is 0 Å². The number of carboxylic acids is 1. The zero-order chi connectivity index (χ0) is 27.2. The van der Waals surface area contributed by atoms with Gasteiger partial charge in [-0.05, 0) is 55.3 Å². The molecule has 1 aliphatic heterocycles. The number of cyclic esters (lactones) is 1. The molecule has 1 heterocycles. The topological polar surface area (TPSA) is 114 Å². The van der Waals surface area contributed by atoms with E-state index in [0.717, 1.165) is 5.56 Å². The molecule has 0 saturated carbocycles. The lowest BCUT2D eigenvalue weighted by atomic mass is 10.0. The average Bonchev–Trinajstić information content (AvgIpc) is 3.18. The summed E-state index contributed by atoms with van der Waals surface area (Å²) in [5.74, 6) is -0.0939. The minimum Gasteiger partial charge on any atom is -0.493 e. The first-order chi connectivity index (χ1) is 18.3. The summed E-state index contributed by atoms with van der Waals surface area (Å²) < 4.78 is 17.3. The van der Waals surface area contributed by atoms with Crippen LogP contribution in [0.1, 0.15) is 47.0 Å². The lowest BCUT2D eigenvalue weighted by Crippen LogP contribution is -2.31. The molecule has 1 aliphatic rings. The van der Waals surface area contributed by atoms with Gasteiger partial charge in [-0.3, -0.25) is 14.5 Å². The van der Waals surface area contributed by atoms with Crippen LogP contribution in [0.4, 0.5) is 4.79 Å². The van der Waals surface area contributed by atoms with Gasteiger partial charge in [0.2, 0.25) is 0 Å². The number of ether oxygens (including phenoxy) is 3. The first-order valence-corrected chi connectivity index (χ1v) is 12.3. The second-order valence-corrected chi connectivity index (χ2v) is 8.92. The highest BCUT2D eigenvalue weighted by Crippen LogP contribution is 2.38. The molecule has 3 aromatic carbocycles. The van der Waals surface area contributed by atoms with Crippen molar-refractivity contribution in [2.75, 3.05) is 13.7 Å². The van der Waals surface area contributed by atoms with E-state index in [1.54, 1.807) is 41.3 Å². The van der Waals surface area contributed by atoms with Crippen LogP contribution < -0.4 is 14.8 Å². The molecule has 0 radical (unpaired) electrons. The van der Waals surface area contributed by atoms with Crippen molar-refractivity contribution in [2.45, 2.75) is 39.0 Å². The monoisotopic (exact) mass is 518 g/mol. The van der Waals surface area contributed by atoms with Crippen LogP contribution in [-0.4, -0.2) is 47.7 Å². The van der Waals surface area contributed by atoms with Gasteiger partial charge in [0.15, 0.2) is 11.5 Å². The normalized spacial score (nSPS) is 16.6. The van der Waals surface area contributed by atoms with Crippen molar-refractivity contribution >= 4 is 18.0 Å². The summed E-state index contributed by atoms with van der Waals surface area (Å²) in [6.07, 6.45) is -1.09. The summed E-state index contributed by atoms with van der Waals surface area (Å²) in [4.78, 5) is 38.3. The van der Waals surface area contributed by atoms with Crippen LogP contribution in [0, 0.1) is 0 Å². The van der Waals surface area contributed by atoms with E-state index in [-0.39, 0.29) is 24.9 Å². The van der Waals surface area contributed by atoms with Crippen LogP contribution in [0.3, 0.4) is 0 Å². The molecular formula is C29H30N2O7. The van der Waals surface area contributed by atoms with Gasteiger partial charge in [-0.2, -0.15) is 0 Å². The molecule has 0 spiro atoms. The Hall–Kier alpha value is -4.53. The number of hydrogen-bond donors (Lipinski definition) is 2. The Morgan fingerprint density at radius 1 is 1.03 bits per heavy atom. The van der Waals surface area contributed by atoms with Gasteiger partial charge in [0.05, 0.1) is 26.1 Å². The molecule has 2 N–H and O–H groups in total. The third-order valence-corrected chi connectivity index (χ3v) is 6.32. The molecule has 0 aliphatic carbocycles. The summed E-state index contributed by atoms with van der Waals surface area (Å²) in [6.45, 7) is 4.34. The number of rotatable bonds is 10. The predicted molar refractivity (Wildman–Crippen MR) is 140 cm³/mol. The van der Waals surface area contributed by atoms with Gasteiger partial charge in [0.1, 0.15) is 11.9 Å². The van der Waals surface area contributed by atoms with Gasteiger partial charge < -0.3 is 24.6 Å². The zero-order valence-electron chi connectivity index (χ0n) is 21.5. The Bertz CT molecular complexity index is 1330. The maximum Gasteiger partial charge on any atom is 0.411 e. The average molecular weight is 519 g/mol. The third-order valence-electron chi connectivity index (χ3n) is 6.32. The molecule has 3 aromatic rings. The molecule has 0 bridgehead atoms. The minimum absolute atomic E-state index is 0.128. The molecule has 2 amide bonds. The number of benzene rings is 3. The lowest BCUT2D eigenvalue weighted by molar-refractivity contribution is -0.136. The molecular weight excluding hydrogens is 488 g/mol. The lowest BCUT2D eigenvalue weighted by Gasteiger charge is -2.23. The van der Waals surface area contributed by atoms with Crippen LogP contribution in [-0.2, 0) is 22.5 Å². The largest absolute Gasteiger partial charge is 0.493 e. The van der Waals surface area contributed by atoms with Gasteiger partial charge in [0, 0.05) is 17.7 Å². The first kappa shape index (κ1) is 26.5. The van der Waals surface area contributed by atoms with Crippen molar-refractivity contribution in [3.05, 3.63) is 89.0 Å². The fraction of sp³-hybridized carbons (Fsp3) is 0.276. The standard InChI is InChI=1S/C29H30N2O7/c1-4-30-28(34)21-11-13-23(37-25-14-19(15-26(32)33)10-12-24(25)36-3)22(16-21)17-31-18(2)27(38-29(31)35)20-8-6-5-7-9-20/h5-14,16,18,27H,4,15,17H2,1-3H3,(H,30,34)(H,32,33). The minimum atomic E-state index is -0.970. The molecule has 1 fully saturated rings. The third kappa shape index (κ3) is 5.88. The van der Waals surface area contributed by atoms with Crippen LogP contribution in [0.15, 0.2) is 66.7 Å². The Kier molecular flexibility index (Phi) is 8.15. The maximum absolute atomic E-state index is 12.9. The molecule has 2 unspecified atom stereocenters. The van der Waals surface area contributed by atoms with Gasteiger partial charge in [-0.15, -0.1) is 0 Å². The summed E-state index contributed by atoms with van der Waals surface area (Å²) in [5, 5.41) is 12.0. The molecule has 1 saturated heterocycles. The molecule has 0 aromatic heterocycles. The quantitative estimate of drug-likeness (QED) is 0.390. The summed E-state index contributed by atoms with van der Waals surface area (Å²) in [7, 11) is 1.49. The second-order valence-electron chi connectivity index (χ2n) is 8.92. The van der Waals surface area contributed by atoms with Crippen molar-refractivity contribution in [1.29, 1.82) is 0 Å². The number of nitrogens with one attached hydrogen (secondary N) is 1. The zero-order valence-corrected chi connectivity index (χ0v) is 21.5. The summed E-state index contributed by atoms with van der Waals surface area (Å²) in [6, 6.07) is 19.1. The maximum atomic E-state index is 12.9. The van der Waals surface area contributed by atoms with E-state index in [4.69, 9.17) is 14.2 Å². The smallest absolute Gasteiger partial charge is 0.411 e. The molecule has 4 rings (SSSR count). The fourth-order valence-electron chi connectivity index (χ4n) is 4.40. The Labute approximate surface area is 220 Å². The number of aliphatic carboxylic acids is 1. The fourth-order valence-corrected chi connectivity index (χ4v) is 4.40. The van der Waals surface area contributed by atoms with E-state index < -0.39 is 18.2 Å². The number of amides is 2. The highest BCUT2D eigenvalue weighted by Gasteiger charge is 2.40. The van der Waals surface area contributed by atoms with Gasteiger partial charge in [-0.1, -0.05) is 36.4 Å². The van der Waals surface area contributed by atoms with E-state index in [2.05, 4.69) is 5.32 Å². The first-order valence-electron chi connectivity index (χ1n) is 12.3. The van der Waals surface area contributed by atoms with Gasteiger partial charge in [-0.25, -0.2) is 4.79 Å². The summed E-state index contributed by atoms with van der Waals surface area (Å²) in [5.41, 5.74) is 2.43. The number of nitrogens with zero attached hydrogens (tertiary/aromatic N) is 1. The highest BCUT2D eigenvalue weighted by molar-refractivity contribution is 5.94. The number of carbonyl (C=O) groups is 3. The van der Waals surface area contributed by atoms with Crippen LogP contribution in [0.2, 0.25) is 0 Å². The number of methoxy groups -OCH3 is 1. The molecule has 9 heteroatoms. The van der Waals surface area contributed by atoms with E-state index in [1.165, 1.54) is 7.11 Å². The van der Waals surface area contributed by atoms with Crippen molar-refractivity contribution in [2.24, 2.45) is 0 Å². The van der Waals surface area contributed by atoms with Crippen molar-refractivity contribution in [1.82, 2.24) is 10.2 Å². The molecule has 9 nitrogen and oxygen atoms in total. The SMILES string of the molecule is CCNC(=O)c1ccc(Oc2cc(CC(=O)O)ccc2OC)c(CN2C(=O)OC(c3ccccc3)C2C)c1. The van der Waals surface area contributed by atoms with Crippen LogP contribution >= 0.6 is 0 Å². The predicted octanol–water partition coefficient (Wildman–Crippen LogP) is 4.95. The van der Waals surface area contributed by atoms with Crippen molar-refractivity contribution in [3.8, 4) is 17.2 Å². The molecule has 38 heavy (non-hydrogen) atoms. The van der Waals surface area contributed by atoms with Crippen LogP contribution in [0.25, 0.3) is 0 Å². The Balaban J connectivity index is 1.68. The molecule has 198 valence electrons. The number of carboxylic acid groups (broad SMARTS) is 1. The Morgan fingerprint density at radius 3 is 2.45 bits per heavy atom. The van der Waals surface area contributed by atoms with E-state index in [9.17, 15) is 19.5 Å². The highest BCUT2D eigenvalue weighted by atomic mass is 16.6. The second kappa shape index (κ2) is 11.7. The van der Waals surface area contributed by atoms with Gasteiger partial charge >= 0.3 is 12.1 Å². The number of hydrogen-bond acceptors (Lipinski definition) is 6. The number of carbonyl (C=O) groups excluding carboxylic acids is 2. The Morgan fingerprint density at radius 2 is 1.76 bits per heavy atom. The van der Waals surface area contributed by atoms with Crippen molar-refractivity contribution < 1.29 is 33.7 Å². The van der Waals surface area contributed by atoms with E-state index in [0.29, 0.717) is 40.5 Å². The van der Waals surface area contributed by atoms with Gasteiger partial charge in [0.25, 0.3) is 5.91 Å². The van der Waals surface area contributed by atoms with Crippen LogP contribution in [0.5, 0.6) is 17.2 Å². The summed E-state index contributed by atoms with van der Waals surface area (Å²) >= 11 is 0. The molecule has 2 atom stereocenters. The van der Waals surface area contributed by atoms with Crippen molar-refractivity contribution in [3.63, 3.8) is 0 Å². The van der Waals surface area contributed by atoms with E-state index in [1.807, 2.05) is 44.2 Å².